The highest BCUT2D eigenvalue weighted by Crippen LogP contribution is 2.37. The van der Waals surface area contributed by atoms with Crippen LogP contribution in [0.3, 0.4) is 0 Å². The van der Waals surface area contributed by atoms with Crippen molar-refractivity contribution in [3.05, 3.63) is 14.5 Å². The molecule has 0 amide bonds. The summed E-state index contributed by atoms with van der Waals surface area (Å²) in [6.45, 7) is 0. The number of aromatic nitrogens is 1. The summed E-state index contributed by atoms with van der Waals surface area (Å²) in [7, 11) is 0. The lowest BCUT2D eigenvalue weighted by Crippen LogP contribution is -2.04. The van der Waals surface area contributed by atoms with Crippen molar-refractivity contribution in [2.75, 3.05) is 0 Å². The summed E-state index contributed by atoms with van der Waals surface area (Å²) < 4.78 is 1.01. The molecule has 5 heteroatoms. The van der Waals surface area contributed by atoms with Gasteiger partial charge < -0.3 is 5.11 Å². The van der Waals surface area contributed by atoms with Gasteiger partial charge in [-0.25, -0.2) is 4.98 Å². The van der Waals surface area contributed by atoms with Crippen molar-refractivity contribution in [3.63, 3.8) is 0 Å². The van der Waals surface area contributed by atoms with Crippen LogP contribution in [0.1, 0.15) is 55.1 Å². The summed E-state index contributed by atoms with van der Waals surface area (Å²) in [5.74, 6) is -0.159. The number of nitrogens with zero attached hydrogens (tertiary/aromatic N) is 1. The summed E-state index contributed by atoms with van der Waals surface area (Å²) >= 11 is 5.18. The Kier molecular flexibility index (Phi) is 4.56. The number of carbonyl (C=O) groups is 1. The van der Waals surface area contributed by atoms with Gasteiger partial charge in [-0.2, -0.15) is 0 Å². The molecule has 0 aromatic carbocycles. The van der Waals surface area contributed by atoms with Crippen LogP contribution in [0.25, 0.3) is 0 Å². The topological polar surface area (TPSA) is 50.2 Å². The molecule has 1 N–H and O–H groups in total. The molecule has 0 unspecified atom stereocenters. The minimum atomic E-state index is -0.760. The molecule has 1 fully saturated rings. The molecule has 0 bridgehead atoms. The van der Waals surface area contributed by atoms with Gasteiger partial charge in [0.2, 0.25) is 0 Å². The highest BCUT2D eigenvalue weighted by Gasteiger charge is 2.20. The van der Waals surface area contributed by atoms with Gasteiger partial charge in [0.25, 0.3) is 0 Å². The normalized spacial score (nSPS) is 17.2. The summed E-state index contributed by atoms with van der Waals surface area (Å²) in [6.07, 6.45) is 7.09. The fourth-order valence-electron chi connectivity index (χ4n) is 2.25. The smallest absolute Gasteiger partial charge is 0.303 e. The lowest BCUT2D eigenvalue weighted by Gasteiger charge is -2.18. The molecule has 1 aliphatic carbocycles. The first-order valence-corrected chi connectivity index (χ1v) is 7.64. The molecular formula is C12H16BrNO2S. The second kappa shape index (κ2) is 5.96. The van der Waals surface area contributed by atoms with Crippen molar-refractivity contribution in [1.82, 2.24) is 4.98 Å². The molecule has 3 nitrogen and oxygen atoms in total. The number of aryl methyl sites for hydroxylation is 1. The van der Waals surface area contributed by atoms with E-state index in [9.17, 15) is 4.79 Å². The van der Waals surface area contributed by atoms with E-state index in [1.54, 1.807) is 11.3 Å². The summed E-state index contributed by atoms with van der Waals surface area (Å²) in [5, 5.41) is 9.87. The van der Waals surface area contributed by atoms with Crippen LogP contribution >= 0.6 is 27.3 Å². The van der Waals surface area contributed by atoms with Crippen molar-refractivity contribution in [1.29, 1.82) is 0 Å². The summed E-state index contributed by atoms with van der Waals surface area (Å²) in [4.78, 5) is 15.2. The molecule has 2 rings (SSSR count). The van der Waals surface area contributed by atoms with Crippen LogP contribution in [0.2, 0.25) is 0 Å². The summed E-state index contributed by atoms with van der Waals surface area (Å²) in [5.41, 5.74) is 0.915. The van der Waals surface area contributed by atoms with E-state index < -0.39 is 5.97 Å². The number of halogens is 1. The van der Waals surface area contributed by atoms with Crippen molar-refractivity contribution in [2.45, 2.75) is 50.9 Å². The predicted molar refractivity (Wildman–Crippen MR) is 71.6 cm³/mol. The number of carboxylic acids is 1. The number of hydrogen-bond acceptors (Lipinski definition) is 3. The van der Waals surface area contributed by atoms with Crippen LogP contribution in [-0.2, 0) is 11.2 Å². The first-order chi connectivity index (χ1) is 8.16. The number of rotatable bonds is 4. The summed E-state index contributed by atoms with van der Waals surface area (Å²) in [6, 6.07) is 0. The van der Waals surface area contributed by atoms with Crippen molar-refractivity contribution < 1.29 is 9.90 Å². The van der Waals surface area contributed by atoms with Crippen LogP contribution < -0.4 is 0 Å². The maximum atomic E-state index is 10.6. The molecule has 17 heavy (non-hydrogen) atoms. The van der Waals surface area contributed by atoms with Crippen molar-refractivity contribution in [3.8, 4) is 0 Å². The van der Waals surface area contributed by atoms with Gasteiger partial charge in [0.15, 0.2) is 0 Å². The standard InChI is InChI=1S/C12H16BrNO2S/c13-11-9(6-7-10(15)16)14-12(17-11)8-4-2-1-3-5-8/h8H,1-7H2,(H,15,16). The third kappa shape index (κ3) is 3.52. The predicted octanol–water partition coefficient (Wildman–Crippen LogP) is 3.97. The number of aliphatic carboxylic acids is 1. The molecular weight excluding hydrogens is 302 g/mol. The lowest BCUT2D eigenvalue weighted by atomic mass is 9.90. The van der Waals surface area contributed by atoms with Gasteiger partial charge in [-0.1, -0.05) is 19.3 Å². The van der Waals surface area contributed by atoms with Crippen LogP contribution in [0.4, 0.5) is 0 Å². The Bertz CT molecular complexity index is 399. The Hall–Kier alpha value is -0.420. The van der Waals surface area contributed by atoms with Gasteiger partial charge in [-0.05, 0) is 28.8 Å². The minimum Gasteiger partial charge on any atom is -0.481 e. The Labute approximate surface area is 113 Å². The number of hydrogen-bond donors (Lipinski definition) is 1. The van der Waals surface area contributed by atoms with Crippen LogP contribution in [0.5, 0.6) is 0 Å². The van der Waals surface area contributed by atoms with Crippen molar-refractivity contribution in [2.24, 2.45) is 0 Å². The van der Waals surface area contributed by atoms with Crippen LogP contribution in [0, 0.1) is 0 Å². The molecule has 1 aliphatic rings. The molecule has 1 saturated carbocycles. The number of carboxylic acid groups (broad SMARTS) is 1. The zero-order valence-electron chi connectivity index (χ0n) is 9.62. The van der Waals surface area contributed by atoms with E-state index in [1.165, 1.54) is 37.1 Å². The fourth-order valence-corrected chi connectivity index (χ4v) is 4.05. The molecule has 0 spiro atoms. The zero-order valence-corrected chi connectivity index (χ0v) is 12.0. The lowest BCUT2D eigenvalue weighted by molar-refractivity contribution is -0.136. The van der Waals surface area contributed by atoms with E-state index in [4.69, 9.17) is 5.11 Å². The van der Waals surface area contributed by atoms with E-state index in [2.05, 4.69) is 20.9 Å². The first-order valence-electron chi connectivity index (χ1n) is 6.03. The molecule has 1 aromatic heterocycles. The third-order valence-electron chi connectivity index (χ3n) is 3.20. The van der Waals surface area contributed by atoms with E-state index in [-0.39, 0.29) is 6.42 Å². The monoisotopic (exact) mass is 317 g/mol. The highest BCUT2D eigenvalue weighted by atomic mass is 79.9. The van der Waals surface area contributed by atoms with Gasteiger partial charge in [0.1, 0.15) is 0 Å². The van der Waals surface area contributed by atoms with Gasteiger partial charge in [-0.3, -0.25) is 4.79 Å². The molecule has 1 heterocycles. The maximum absolute atomic E-state index is 10.6. The van der Waals surface area contributed by atoms with E-state index in [1.807, 2.05) is 0 Å². The molecule has 0 saturated heterocycles. The fraction of sp³-hybridized carbons (Fsp3) is 0.667. The Morgan fingerprint density at radius 2 is 2.12 bits per heavy atom. The average molecular weight is 318 g/mol. The Morgan fingerprint density at radius 1 is 1.41 bits per heavy atom. The Balaban J connectivity index is 2.03. The molecule has 1 aromatic rings. The Morgan fingerprint density at radius 3 is 2.76 bits per heavy atom. The second-order valence-electron chi connectivity index (χ2n) is 4.50. The minimum absolute atomic E-state index is 0.159. The first kappa shape index (κ1) is 13.0. The number of thiazole rings is 1. The second-order valence-corrected chi connectivity index (χ2v) is 6.85. The third-order valence-corrected chi connectivity index (χ3v) is 5.19. The van der Waals surface area contributed by atoms with Gasteiger partial charge in [-0.15, -0.1) is 11.3 Å². The molecule has 0 aliphatic heterocycles. The van der Waals surface area contributed by atoms with Crippen LogP contribution in [-0.4, -0.2) is 16.1 Å². The molecule has 0 atom stereocenters. The zero-order chi connectivity index (χ0) is 12.3. The highest BCUT2D eigenvalue weighted by molar-refractivity contribution is 9.11. The largest absolute Gasteiger partial charge is 0.481 e. The molecule has 94 valence electrons. The van der Waals surface area contributed by atoms with E-state index >= 15 is 0 Å². The van der Waals surface area contributed by atoms with E-state index in [0.29, 0.717) is 12.3 Å². The average Bonchev–Trinajstić information content (AvgIpc) is 2.69. The quantitative estimate of drug-likeness (QED) is 0.914. The van der Waals surface area contributed by atoms with Crippen molar-refractivity contribution >= 4 is 33.2 Å². The van der Waals surface area contributed by atoms with Gasteiger partial charge in [0, 0.05) is 12.3 Å². The van der Waals surface area contributed by atoms with Crippen LogP contribution in [0.15, 0.2) is 3.79 Å². The van der Waals surface area contributed by atoms with Gasteiger partial charge in [0.05, 0.1) is 20.9 Å². The SMILES string of the molecule is O=C(O)CCc1nc(C2CCCCC2)sc1Br. The van der Waals surface area contributed by atoms with Gasteiger partial charge >= 0.3 is 5.97 Å². The van der Waals surface area contributed by atoms with E-state index in [0.717, 1.165) is 9.48 Å². The molecule has 0 radical (unpaired) electrons. The maximum Gasteiger partial charge on any atom is 0.303 e.